The predicted molar refractivity (Wildman–Crippen MR) is 83.1 cm³/mol. The number of carboxylic acid groups (broad SMARTS) is 1. The number of ether oxygens (including phenoxy) is 1. The fourth-order valence-electron chi connectivity index (χ4n) is 1.89. The van der Waals surface area contributed by atoms with Crippen molar-refractivity contribution < 1.29 is 14.6 Å². The van der Waals surface area contributed by atoms with Crippen LogP contribution in [0.2, 0.25) is 0 Å². The minimum Gasteiger partial charge on any atom is -0.486 e. The summed E-state index contributed by atoms with van der Waals surface area (Å²) >= 11 is 2.13. The molecule has 0 aliphatic heterocycles. The van der Waals surface area contributed by atoms with Gasteiger partial charge in [0.05, 0.1) is 20.5 Å². The molecule has 6 heteroatoms. The smallest absolute Gasteiger partial charge is 0.335 e. The molecule has 0 radical (unpaired) electrons. The summed E-state index contributed by atoms with van der Waals surface area (Å²) in [6.07, 6.45) is 0. The van der Waals surface area contributed by atoms with Gasteiger partial charge in [-0.3, -0.25) is 4.68 Å². The Morgan fingerprint density at radius 1 is 1.45 bits per heavy atom. The van der Waals surface area contributed by atoms with E-state index in [-0.39, 0.29) is 5.56 Å². The van der Waals surface area contributed by atoms with Crippen molar-refractivity contribution in [2.24, 2.45) is 0 Å². The van der Waals surface area contributed by atoms with Crippen LogP contribution in [0, 0.1) is 10.5 Å². The molecule has 0 atom stereocenters. The summed E-state index contributed by atoms with van der Waals surface area (Å²) in [4.78, 5) is 11.0. The van der Waals surface area contributed by atoms with Gasteiger partial charge in [-0.05, 0) is 60.7 Å². The molecular formula is C14H15IN2O3. The zero-order valence-electron chi connectivity index (χ0n) is 11.3. The molecule has 0 bridgehead atoms. The molecule has 0 amide bonds. The van der Waals surface area contributed by atoms with E-state index in [9.17, 15) is 4.79 Å². The van der Waals surface area contributed by atoms with Crippen molar-refractivity contribution in [3.8, 4) is 5.75 Å². The number of benzene rings is 1. The van der Waals surface area contributed by atoms with Crippen molar-refractivity contribution in [2.45, 2.75) is 27.0 Å². The zero-order chi connectivity index (χ0) is 14.7. The van der Waals surface area contributed by atoms with Crippen LogP contribution < -0.4 is 4.74 Å². The Labute approximate surface area is 130 Å². The quantitative estimate of drug-likeness (QED) is 0.803. The molecule has 0 spiro atoms. The summed E-state index contributed by atoms with van der Waals surface area (Å²) in [6, 6.07) is 6.82. The number of rotatable bonds is 5. The highest BCUT2D eigenvalue weighted by Gasteiger charge is 2.10. The second kappa shape index (κ2) is 6.25. The van der Waals surface area contributed by atoms with Crippen LogP contribution in [0.1, 0.15) is 28.7 Å². The van der Waals surface area contributed by atoms with Gasteiger partial charge in [-0.15, -0.1) is 0 Å². The van der Waals surface area contributed by atoms with E-state index < -0.39 is 5.97 Å². The first-order valence-corrected chi connectivity index (χ1v) is 7.28. The number of carbonyl (C=O) groups is 1. The summed E-state index contributed by atoms with van der Waals surface area (Å²) in [5.41, 5.74) is 2.14. The van der Waals surface area contributed by atoms with Crippen molar-refractivity contribution in [1.29, 1.82) is 0 Å². The van der Waals surface area contributed by atoms with Crippen molar-refractivity contribution in [3.63, 3.8) is 0 Å². The van der Waals surface area contributed by atoms with Gasteiger partial charge in [-0.2, -0.15) is 5.10 Å². The average Bonchev–Trinajstić information content (AvgIpc) is 2.77. The molecule has 2 aromatic rings. The third-order valence-electron chi connectivity index (χ3n) is 2.84. The lowest BCUT2D eigenvalue weighted by molar-refractivity contribution is 0.0696. The van der Waals surface area contributed by atoms with Crippen LogP contribution in [0.3, 0.4) is 0 Å². The molecule has 1 N–H and O–H groups in total. The maximum Gasteiger partial charge on any atom is 0.335 e. The average molecular weight is 386 g/mol. The Hall–Kier alpha value is -1.57. The molecule has 20 heavy (non-hydrogen) atoms. The summed E-state index contributed by atoms with van der Waals surface area (Å²) in [6.45, 7) is 5.10. The lowest BCUT2D eigenvalue weighted by Crippen LogP contribution is -2.07. The van der Waals surface area contributed by atoms with Crippen LogP contribution >= 0.6 is 22.6 Å². The number of halogens is 1. The van der Waals surface area contributed by atoms with E-state index in [2.05, 4.69) is 27.7 Å². The van der Waals surface area contributed by atoms with Crippen LogP contribution in [-0.2, 0) is 13.2 Å². The Morgan fingerprint density at radius 3 is 2.85 bits per heavy atom. The fraction of sp³-hybridized carbons (Fsp3) is 0.286. The molecule has 2 rings (SSSR count). The van der Waals surface area contributed by atoms with Crippen molar-refractivity contribution in [3.05, 3.63) is 44.8 Å². The lowest BCUT2D eigenvalue weighted by Gasteiger charge is -2.10. The lowest BCUT2D eigenvalue weighted by atomic mass is 10.2. The second-order valence-corrected chi connectivity index (χ2v) is 5.49. The van der Waals surface area contributed by atoms with E-state index in [1.54, 1.807) is 18.2 Å². The third kappa shape index (κ3) is 3.30. The van der Waals surface area contributed by atoms with Gasteiger partial charge in [0.25, 0.3) is 0 Å². The van der Waals surface area contributed by atoms with Crippen molar-refractivity contribution >= 4 is 28.6 Å². The van der Waals surface area contributed by atoms with E-state index in [1.807, 2.05) is 24.6 Å². The summed E-state index contributed by atoms with van der Waals surface area (Å²) in [5, 5.41) is 13.3. The van der Waals surface area contributed by atoms with Gasteiger partial charge in [0.1, 0.15) is 12.4 Å². The maximum absolute atomic E-state index is 11.0. The molecule has 0 saturated carbocycles. The Morgan fingerprint density at radius 2 is 2.20 bits per heavy atom. The van der Waals surface area contributed by atoms with Crippen LogP contribution in [0.5, 0.6) is 5.75 Å². The summed E-state index contributed by atoms with van der Waals surface area (Å²) < 4.78 is 8.50. The molecule has 106 valence electrons. The van der Waals surface area contributed by atoms with E-state index in [1.165, 1.54) is 0 Å². The maximum atomic E-state index is 11.0. The van der Waals surface area contributed by atoms with E-state index >= 15 is 0 Å². The third-order valence-corrected chi connectivity index (χ3v) is 3.73. The molecule has 0 unspecified atom stereocenters. The van der Waals surface area contributed by atoms with E-state index in [0.29, 0.717) is 12.4 Å². The van der Waals surface area contributed by atoms with Crippen LogP contribution in [0.25, 0.3) is 0 Å². The Bertz CT molecular complexity index is 637. The number of aromatic nitrogens is 2. The summed E-state index contributed by atoms with van der Waals surface area (Å²) in [5.74, 6) is -0.382. The van der Waals surface area contributed by atoms with Crippen molar-refractivity contribution in [2.75, 3.05) is 0 Å². The molecule has 0 saturated heterocycles. The first kappa shape index (κ1) is 14.8. The molecule has 1 aromatic heterocycles. The predicted octanol–water partition coefficient (Wildman–Crippen LogP) is 3.09. The van der Waals surface area contributed by atoms with Crippen LogP contribution in [0.4, 0.5) is 0 Å². The summed E-state index contributed by atoms with van der Waals surface area (Å²) in [7, 11) is 0. The Kier molecular flexibility index (Phi) is 4.64. The van der Waals surface area contributed by atoms with Gasteiger partial charge < -0.3 is 9.84 Å². The van der Waals surface area contributed by atoms with Gasteiger partial charge in [-0.25, -0.2) is 4.79 Å². The van der Waals surface area contributed by atoms with Crippen molar-refractivity contribution in [1.82, 2.24) is 9.78 Å². The minimum absolute atomic E-state index is 0.223. The highest BCUT2D eigenvalue weighted by molar-refractivity contribution is 14.1. The topological polar surface area (TPSA) is 64.4 Å². The SMILES string of the molecule is CCn1nc(C)cc1COc1cc(C(=O)O)ccc1I. The number of carboxylic acids is 1. The molecule has 0 fully saturated rings. The standard InChI is InChI=1S/C14H15IN2O3/c1-3-17-11(6-9(2)16-17)8-20-13-7-10(14(18)19)4-5-12(13)15/h4-7H,3,8H2,1-2H3,(H,18,19). The monoisotopic (exact) mass is 386 g/mol. The van der Waals surface area contributed by atoms with Gasteiger partial charge >= 0.3 is 5.97 Å². The first-order chi connectivity index (χ1) is 9.51. The second-order valence-electron chi connectivity index (χ2n) is 4.33. The van der Waals surface area contributed by atoms with Gasteiger partial charge in [0, 0.05) is 6.54 Å². The zero-order valence-corrected chi connectivity index (χ0v) is 13.4. The molecular weight excluding hydrogens is 371 g/mol. The minimum atomic E-state index is -0.958. The highest BCUT2D eigenvalue weighted by Crippen LogP contribution is 2.23. The number of aryl methyl sites for hydroxylation is 2. The van der Waals surface area contributed by atoms with Gasteiger partial charge in [-0.1, -0.05) is 0 Å². The molecule has 1 heterocycles. The largest absolute Gasteiger partial charge is 0.486 e. The molecule has 0 aliphatic rings. The highest BCUT2D eigenvalue weighted by atomic mass is 127. The number of hydrogen-bond donors (Lipinski definition) is 1. The van der Waals surface area contributed by atoms with E-state index in [4.69, 9.17) is 9.84 Å². The van der Waals surface area contributed by atoms with Crippen LogP contribution in [-0.4, -0.2) is 20.9 Å². The first-order valence-electron chi connectivity index (χ1n) is 6.20. The number of hydrogen-bond acceptors (Lipinski definition) is 3. The van der Waals surface area contributed by atoms with Crippen LogP contribution in [0.15, 0.2) is 24.3 Å². The normalized spacial score (nSPS) is 10.6. The Balaban J connectivity index is 2.18. The van der Waals surface area contributed by atoms with E-state index in [0.717, 1.165) is 21.5 Å². The fourth-order valence-corrected chi connectivity index (χ4v) is 2.38. The number of nitrogens with zero attached hydrogens (tertiary/aromatic N) is 2. The molecule has 0 aliphatic carbocycles. The molecule has 5 nitrogen and oxygen atoms in total. The number of aromatic carboxylic acids is 1. The van der Waals surface area contributed by atoms with Gasteiger partial charge in [0.2, 0.25) is 0 Å². The van der Waals surface area contributed by atoms with Gasteiger partial charge in [0.15, 0.2) is 0 Å². The molecule has 1 aromatic carbocycles.